The van der Waals surface area contributed by atoms with Gasteiger partial charge >= 0.3 is 5.97 Å². The molecule has 0 unspecified atom stereocenters. The number of benzene rings is 1. The molecule has 0 atom stereocenters. The van der Waals surface area contributed by atoms with Crippen molar-refractivity contribution in [3.05, 3.63) is 35.1 Å². The summed E-state index contributed by atoms with van der Waals surface area (Å²) in [5.74, 6) is 4.34. The summed E-state index contributed by atoms with van der Waals surface area (Å²) in [4.78, 5) is 11.0. The molecule has 1 aromatic rings. The highest BCUT2D eigenvalue weighted by atomic mass is 19.1. The van der Waals surface area contributed by atoms with Gasteiger partial charge < -0.3 is 10.5 Å². The van der Waals surface area contributed by atoms with Crippen LogP contribution < -0.4 is 5.73 Å². The lowest BCUT2D eigenvalue weighted by molar-refractivity contribution is -0.141. The lowest BCUT2D eigenvalue weighted by Gasteiger charge is -1.99. The fraction of sp³-hybridized carbons (Fsp3) is 0.308. The molecular formula is C13H14FNO2. The Balaban J connectivity index is 2.74. The topological polar surface area (TPSA) is 52.3 Å². The van der Waals surface area contributed by atoms with Gasteiger partial charge in [-0.2, -0.15) is 0 Å². The van der Waals surface area contributed by atoms with E-state index in [0.717, 1.165) is 5.56 Å². The Hall–Kier alpha value is -1.86. The summed E-state index contributed by atoms with van der Waals surface area (Å²) in [6.45, 7) is 2.36. The first-order valence-corrected chi connectivity index (χ1v) is 5.30. The molecule has 0 aliphatic carbocycles. The summed E-state index contributed by atoms with van der Waals surface area (Å²) >= 11 is 0. The van der Waals surface area contributed by atoms with Gasteiger partial charge in [-0.25, -0.2) is 4.39 Å². The molecule has 0 aromatic heterocycles. The Morgan fingerprint density at radius 2 is 2.29 bits per heavy atom. The van der Waals surface area contributed by atoms with Gasteiger partial charge in [-0.1, -0.05) is 17.9 Å². The van der Waals surface area contributed by atoms with Crippen LogP contribution in [-0.2, 0) is 16.1 Å². The highest BCUT2D eigenvalue weighted by Crippen LogP contribution is 2.08. The van der Waals surface area contributed by atoms with Crippen LogP contribution in [0.25, 0.3) is 0 Å². The van der Waals surface area contributed by atoms with Gasteiger partial charge in [0, 0.05) is 6.54 Å². The summed E-state index contributed by atoms with van der Waals surface area (Å²) in [6, 6.07) is 4.50. The molecule has 0 spiro atoms. The lowest BCUT2D eigenvalue weighted by Crippen LogP contribution is -2.01. The zero-order valence-electron chi connectivity index (χ0n) is 9.63. The zero-order valence-corrected chi connectivity index (χ0v) is 9.63. The van der Waals surface area contributed by atoms with E-state index in [1.165, 1.54) is 6.07 Å². The van der Waals surface area contributed by atoms with E-state index in [4.69, 9.17) is 10.5 Å². The average Bonchev–Trinajstić information content (AvgIpc) is 2.32. The van der Waals surface area contributed by atoms with Gasteiger partial charge in [-0.15, -0.1) is 0 Å². The maximum Gasteiger partial charge on any atom is 0.317 e. The van der Waals surface area contributed by atoms with E-state index in [0.29, 0.717) is 13.2 Å². The molecule has 17 heavy (non-hydrogen) atoms. The number of carbonyl (C=O) groups is 1. The molecule has 0 aliphatic rings. The van der Waals surface area contributed by atoms with Crippen LogP contribution in [0.4, 0.5) is 4.39 Å². The van der Waals surface area contributed by atoms with Crippen molar-refractivity contribution in [2.24, 2.45) is 5.73 Å². The Labute approximate surface area is 99.8 Å². The van der Waals surface area contributed by atoms with Crippen LogP contribution >= 0.6 is 0 Å². The smallest absolute Gasteiger partial charge is 0.317 e. The molecule has 0 bridgehead atoms. The summed E-state index contributed by atoms with van der Waals surface area (Å²) in [5, 5.41) is 0. The minimum absolute atomic E-state index is 0.0415. The molecule has 0 saturated heterocycles. The number of halogens is 1. The Bertz CT molecular complexity index is 460. The lowest BCUT2D eigenvalue weighted by atomic mass is 10.1. The zero-order chi connectivity index (χ0) is 12.7. The van der Waals surface area contributed by atoms with Crippen molar-refractivity contribution in [3.63, 3.8) is 0 Å². The molecule has 3 nitrogen and oxygen atoms in total. The van der Waals surface area contributed by atoms with Crippen molar-refractivity contribution in [2.75, 3.05) is 6.61 Å². The normalized spacial score (nSPS) is 9.35. The summed E-state index contributed by atoms with van der Waals surface area (Å²) in [5.41, 5.74) is 6.49. The van der Waals surface area contributed by atoms with Gasteiger partial charge in [-0.3, -0.25) is 4.79 Å². The molecule has 2 N–H and O–H groups in total. The fourth-order valence-electron chi connectivity index (χ4n) is 1.22. The quantitative estimate of drug-likeness (QED) is 0.639. The van der Waals surface area contributed by atoms with E-state index in [2.05, 4.69) is 11.8 Å². The monoisotopic (exact) mass is 235 g/mol. The molecule has 0 saturated carbocycles. The summed E-state index contributed by atoms with van der Waals surface area (Å²) in [7, 11) is 0. The highest BCUT2D eigenvalue weighted by Gasteiger charge is 2.00. The van der Waals surface area contributed by atoms with E-state index in [9.17, 15) is 9.18 Å². The second-order valence-corrected chi connectivity index (χ2v) is 3.30. The first-order chi connectivity index (χ1) is 8.17. The van der Waals surface area contributed by atoms with Crippen LogP contribution in [0.15, 0.2) is 18.2 Å². The van der Waals surface area contributed by atoms with Crippen molar-refractivity contribution in [3.8, 4) is 11.8 Å². The predicted molar refractivity (Wildman–Crippen MR) is 62.4 cm³/mol. The maximum atomic E-state index is 13.3. The van der Waals surface area contributed by atoms with Crippen LogP contribution in [0.5, 0.6) is 0 Å². The molecule has 0 amide bonds. The molecule has 0 radical (unpaired) electrons. The Morgan fingerprint density at radius 1 is 1.53 bits per heavy atom. The van der Waals surface area contributed by atoms with Crippen LogP contribution in [-0.4, -0.2) is 12.6 Å². The summed E-state index contributed by atoms with van der Waals surface area (Å²) < 4.78 is 18.0. The van der Waals surface area contributed by atoms with Crippen LogP contribution in [0.2, 0.25) is 0 Å². The maximum absolute atomic E-state index is 13.3. The number of rotatable bonds is 3. The van der Waals surface area contributed by atoms with E-state index >= 15 is 0 Å². The van der Waals surface area contributed by atoms with Crippen molar-refractivity contribution in [2.45, 2.75) is 19.9 Å². The third-order valence-corrected chi connectivity index (χ3v) is 2.03. The van der Waals surface area contributed by atoms with E-state index in [1.54, 1.807) is 19.1 Å². The highest BCUT2D eigenvalue weighted by molar-refractivity contribution is 5.72. The predicted octanol–water partition coefficient (Wildman–Crippen LogP) is 1.59. The number of carbonyl (C=O) groups excluding carboxylic acids is 1. The molecule has 90 valence electrons. The van der Waals surface area contributed by atoms with Gasteiger partial charge in [0.2, 0.25) is 0 Å². The minimum atomic E-state index is -0.418. The molecule has 1 aromatic carbocycles. The molecular weight excluding hydrogens is 221 g/mol. The average molecular weight is 235 g/mol. The van der Waals surface area contributed by atoms with Crippen molar-refractivity contribution >= 4 is 5.97 Å². The number of esters is 1. The Kier molecular flexibility index (Phi) is 5.18. The summed E-state index contributed by atoms with van der Waals surface area (Å²) in [6.07, 6.45) is -0.0415. The van der Waals surface area contributed by atoms with Crippen molar-refractivity contribution < 1.29 is 13.9 Å². The molecule has 0 fully saturated rings. The Morgan fingerprint density at radius 3 is 2.94 bits per heavy atom. The molecule has 4 heteroatoms. The third kappa shape index (κ3) is 4.25. The number of ether oxygens (including phenoxy) is 1. The van der Waals surface area contributed by atoms with Crippen LogP contribution in [0.1, 0.15) is 24.5 Å². The van der Waals surface area contributed by atoms with Gasteiger partial charge in [0.15, 0.2) is 0 Å². The second kappa shape index (κ2) is 6.66. The second-order valence-electron chi connectivity index (χ2n) is 3.30. The SMILES string of the molecule is CCOC(=O)CC#Cc1cc(CN)ccc1F. The van der Waals surface area contributed by atoms with Crippen molar-refractivity contribution in [1.29, 1.82) is 0 Å². The van der Waals surface area contributed by atoms with Gasteiger partial charge in [0.05, 0.1) is 12.2 Å². The first kappa shape index (κ1) is 13.2. The molecule has 1 rings (SSSR count). The fourth-order valence-corrected chi connectivity index (χ4v) is 1.22. The number of nitrogens with two attached hydrogens (primary N) is 1. The molecule has 0 aliphatic heterocycles. The van der Waals surface area contributed by atoms with E-state index in [-0.39, 0.29) is 12.0 Å². The first-order valence-electron chi connectivity index (χ1n) is 5.30. The minimum Gasteiger partial charge on any atom is -0.465 e. The van der Waals surface area contributed by atoms with E-state index in [1.807, 2.05) is 0 Å². The van der Waals surface area contributed by atoms with Crippen LogP contribution in [0, 0.1) is 17.7 Å². The number of hydrogen-bond donors (Lipinski definition) is 1. The molecule has 0 heterocycles. The van der Waals surface area contributed by atoms with Crippen LogP contribution in [0.3, 0.4) is 0 Å². The van der Waals surface area contributed by atoms with Gasteiger partial charge in [-0.05, 0) is 24.6 Å². The van der Waals surface area contributed by atoms with Gasteiger partial charge in [0.1, 0.15) is 12.2 Å². The third-order valence-electron chi connectivity index (χ3n) is 2.03. The van der Waals surface area contributed by atoms with Gasteiger partial charge in [0.25, 0.3) is 0 Å². The largest absolute Gasteiger partial charge is 0.465 e. The number of hydrogen-bond acceptors (Lipinski definition) is 3. The van der Waals surface area contributed by atoms with Crippen molar-refractivity contribution in [1.82, 2.24) is 0 Å². The van der Waals surface area contributed by atoms with E-state index < -0.39 is 11.8 Å². The standard InChI is InChI=1S/C13H14FNO2/c1-2-17-13(16)5-3-4-11-8-10(9-15)6-7-12(11)14/h6-8H,2,5,9,15H2,1H3.